The number of nitrogens with zero attached hydrogens (tertiary/aromatic N) is 3. The van der Waals surface area contributed by atoms with Crippen LogP contribution in [0.15, 0.2) is 35.7 Å². The molecule has 4 rings (SSSR count). The molecule has 2 aromatic heterocycles. The number of nitrogens with one attached hydrogen (secondary N) is 1. The molecule has 0 aliphatic heterocycles. The summed E-state index contributed by atoms with van der Waals surface area (Å²) >= 11 is 7.13. The Labute approximate surface area is 167 Å². The number of methoxy groups -OCH3 is 2. The summed E-state index contributed by atoms with van der Waals surface area (Å²) in [5, 5.41) is 5.39. The standard InChI is InChI=1S/C19H22N4O2S2/c1-24-15-8-5-13(16(10-15)25-2)11-22(14-6-7-14)12-23-19(26)20-18(21-23)17-4-3-9-27-17/h3-5,8-10,14H,6-7,11-12H2,1-2H3,(H,20,21,26). The van der Waals surface area contributed by atoms with Gasteiger partial charge in [-0.05, 0) is 42.6 Å². The second-order valence-electron chi connectivity index (χ2n) is 6.56. The van der Waals surface area contributed by atoms with Crippen LogP contribution in [0.2, 0.25) is 0 Å². The van der Waals surface area contributed by atoms with E-state index in [9.17, 15) is 0 Å². The third-order valence-corrected chi connectivity index (χ3v) is 5.88. The van der Waals surface area contributed by atoms with Crippen molar-refractivity contribution in [2.24, 2.45) is 0 Å². The molecule has 0 radical (unpaired) electrons. The molecule has 0 amide bonds. The Balaban J connectivity index is 1.55. The minimum Gasteiger partial charge on any atom is -0.497 e. The van der Waals surface area contributed by atoms with Gasteiger partial charge in [-0.15, -0.1) is 11.3 Å². The number of hydrogen-bond donors (Lipinski definition) is 1. The molecule has 142 valence electrons. The Kier molecular flexibility index (Phi) is 5.29. The first-order valence-electron chi connectivity index (χ1n) is 8.83. The van der Waals surface area contributed by atoms with Crippen molar-refractivity contribution in [3.05, 3.63) is 46.0 Å². The topological polar surface area (TPSA) is 55.3 Å². The lowest BCUT2D eigenvalue weighted by atomic mass is 10.1. The zero-order valence-electron chi connectivity index (χ0n) is 15.3. The zero-order chi connectivity index (χ0) is 18.8. The number of hydrogen-bond acceptors (Lipinski definition) is 6. The van der Waals surface area contributed by atoms with E-state index in [2.05, 4.69) is 21.0 Å². The van der Waals surface area contributed by atoms with Gasteiger partial charge in [0, 0.05) is 24.2 Å². The second-order valence-corrected chi connectivity index (χ2v) is 7.87. The largest absolute Gasteiger partial charge is 0.497 e. The van der Waals surface area contributed by atoms with Crippen molar-refractivity contribution < 1.29 is 9.47 Å². The highest BCUT2D eigenvalue weighted by Crippen LogP contribution is 2.32. The summed E-state index contributed by atoms with van der Waals surface area (Å²) in [4.78, 5) is 8.02. The molecule has 1 fully saturated rings. The van der Waals surface area contributed by atoms with Gasteiger partial charge in [0.2, 0.25) is 4.77 Å². The number of aromatic amines is 1. The smallest absolute Gasteiger partial charge is 0.217 e. The average Bonchev–Trinajstić information content (AvgIpc) is 3.26. The molecule has 0 saturated heterocycles. The van der Waals surface area contributed by atoms with Crippen molar-refractivity contribution >= 4 is 23.6 Å². The van der Waals surface area contributed by atoms with Gasteiger partial charge in [0.25, 0.3) is 0 Å². The summed E-state index contributed by atoms with van der Waals surface area (Å²) in [5.74, 6) is 2.46. The van der Waals surface area contributed by atoms with Crippen LogP contribution in [0.4, 0.5) is 0 Å². The highest BCUT2D eigenvalue weighted by Gasteiger charge is 2.30. The summed E-state index contributed by atoms with van der Waals surface area (Å²) in [6.07, 6.45) is 2.41. The Bertz CT molecular complexity index is 961. The number of thiophene rings is 1. The van der Waals surface area contributed by atoms with Gasteiger partial charge < -0.3 is 9.47 Å². The number of ether oxygens (including phenoxy) is 2. The fourth-order valence-corrected chi connectivity index (χ4v) is 3.95. The number of rotatable bonds is 8. The molecule has 0 atom stereocenters. The molecule has 0 unspecified atom stereocenters. The van der Waals surface area contributed by atoms with Gasteiger partial charge in [0.15, 0.2) is 5.82 Å². The number of benzene rings is 1. The molecule has 27 heavy (non-hydrogen) atoms. The van der Waals surface area contributed by atoms with Crippen molar-refractivity contribution in [1.82, 2.24) is 19.7 Å². The van der Waals surface area contributed by atoms with Crippen molar-refractivity contribution in [3.8, 4) is 22.2 Å². The highest BCUT2D eigenvalue weighted by atomic mass is 32.1. The highest BCUT2D eigenvalue weighted by molar-refractivity contribution is 7.71. The first-order valence-corrected chi connectivity index (χ1v) is 10.1. The van der Waals surface area contributed by atoms with E-state index in [1.54, 1.807) is 25.6 Å². The predicted octanol–water partition coefficient (Wildman–Crippen LogP) is 4.31. The van der Waals surface area contributed by atoms with Gasteiger partial charge >= 0.3 is 0 Å². The van der Waals surface area contributed by atoms with Crippen molar-refractivity contribution in [2.45, 2.75) is 32.1 Å². The molecule has 1 aliphatic rings. The third kappa shape index (κ3) is 4.07. The minimum absolute atomic E-state index is 0.562. The average molecular weight is 403 g/mol. The molecule has 0 spiro atoms. The van der Waals surface area contributed by atoms with Crippen LogP contribution in [0, 0.1) is 4.77 Å². The summed E-state index contributed by atoms with van der Waals surface area (Å²) in [6.45, 7) is 1.46. The van der Waals surface area contributed by atoms with Gasteiger partial charge in [-0.1, -0.05) is 12.1 Å². The van der Waals surface area contributed by atoms with Gasteiger partial charge in [0.05, 0.1) is 25.8 Å². The fourth-order valence-electron chi connectivity index (χ4n) is 3.09. The van der Waals surface area contributed by atoms with E-state index in [-0.39, 0.29) is 0 Å². The molecular weight excluding hydrogens is 380 g/mol. The lowest BCUT2D eigenvalue weighted by Gasteiger charge is -2.23. The SMILES string of the molecule is COc1ccc(CN(Cn2[nH]c(-c3cccs3)nc2=S)C2CC2)c(OC)c1. The Morgan fingerprint density at radius 2 is 2.15 bits per heavy atom. The quantitative estimate of drug-likeness (QED) is 0.569. The third-order valence-electron chi connectivity index (χ3n) is 4.69. The molecule has 1 saturated carbocycles. The van der Waals surface area contributed by atoms with Crippen LogP contribution in [0.3, 0.4) is 0 Å². The van der Waals surface area contributed by atoms with Crippen molar-refractivity contribution in [1.29, 1.82) is 0 Å². The second kappa shape index (κ2) is 7.84. The van der Waals surface area contributed by atoms with E-state index in [0.717, 1.165) is 34.3 Å². The molecule has 2 heterocycles. The molecule has 3 aromatic rings. The maximum atomic E-state index is 5.56. The molecule has 0 bridgehead atoms. The molecule has 8 heteroatoms. The van der Waals surface area contributed by atoms with Crippen LogP contribution in [-0.2, 0) is 13.2 Å². The molecule has 1 N–H and O–H groups in total. The Hall–Kier alpha value is -2.16. The summed E-state index contributed by atoms with van der Waals surface area (Å²) in [7, 11) is 3.36. The summed E-state index contributed by atoms with van der Waals surface area (Å²) in [5.41, 5.74) is 1.13. The first-order chi connectivity index (χ1) is 13.2. The van der Waals surface area contributed by atoms with E-state index in [0.29, 0.717) is 17.5 Å². The summed E-state index contributed by atoms with van der Waals surface area (Å²) < 4.78 is 13.4. The molecule has 1 aliphatic carbocycles. The van der Waals surface area contributed by atoms with Crippen LogP contribution in [-0.4, -0.2) is 39.9 Å². The predicted molar refractivity (Wildman–Crippen MR) is 109 cm³/mol. The van der Waals surface area contributed by atoms with Gasteiger partial charge in [0.1, 0.15) is 11.5 Å². The Morgan fingerprint density at radius 3 is 2.81 bits per heavy atom. The maximum Gasteiger partial charge on any atom is 0.217 e. The van der Waals surface area contributed by atoms with E-state index < -0.39 is 0 Å². The van der Waals surface area contributed by atoms with E-state index in [1.165, 1.54) is 12.8 Å². The van der Waals surface area contributed by atoms with Crippen molar-refractivity contribution in [3.63, 3.8) is 0 Å². The van der Waals surface area contributed by atoms with Crippen molar-refractivity contribution in [2.75, 3.05) is 14.2 Å². The van der Waals surface area contributed by atoms with E-state index in [4.69, 9.17) is 21.7 Å². The first kappa shape index (κ1) is 18.2. The number of H-pyrrole nitrogens is 1. The van der Waals surface area contributed by atoms with Gasteiger partial charge in [-0.3, -0.25) is 10.00 Å². The van der Waals surface area contributed by atoms with Crippen LogP contribution in [0.25, 0.3) is 10.7 Å². The molecule has 6 nitrogen and oxygen atoms in total. The Morgan fingerprint density at radius 1 is 1.30 bits per heavy atom. The summed E-state index contributed by atoms with van der Waals surface area (Å²) in [6, 6.07) is 10.6. The normalized spacial score (nSPS) is 13.9. The van der Waals surface area contributed by atoms with Crippen LogP contribution in [0.1, 0.15) is 18.4 Å². The van der Waals surface area contributed by atoms with Crippen LogP contribution in [0.5, 0.6) is 11.5 Å². The van der Waals surface area contributed by atoms with Gasteiger partial charge in [-0.2, -0.15) is 4.98 Å². The van der Waals surface area contributed by atoms with E-state index in [1.807, 2.05) is 34.3 Å². The minimum atomic E-state index is 0.562. The fraction of sp³-hybridized carbons (Fsp3) is 0.368. The molecular formula is C19H22N4O2S2. The lowest BCUT2D eigenvalue weighted by molar-refractivity contribution is 0.184. The lowest BCUT2D eigenvalue weighted by Crippen LogP contribution is -2.29. The van der Waals surface area contributed by atoms with E-state index >= 15 is 0 Å². The number of aromatic nitrogens is 3. The van der Waals surface area contributed by atoms with Crippen LogP contribution >= 0.6 is 23.6 Å². The molecule has 1 aromatic carbocycles. The maximum absolute atomic E-state index is 5.56. The monoisotopic (exact) mass is 402 g/mol. The zero-order valence-corrected chi connectivity index (χ0v) is 17.0. The van der Waals surface area contributed by atoms with Crippen LogP contribution < -0.4 is 9.47 Å². The van der Waals surface area contributed by atoms with Gasteiger partial charge in [-0.25, -0.2) is 4.68 Å².